The van der Waals surface area contributed by atoms with Crippen molar-refractivity contribution < 1.29 is 57.8 Å². The first-order chi connectivity index (χ1) is 21.1. The zero-order chi connectivity index (χ0) is 33.1. The van der Waals surface area contributed by atoms with Gasteiger partial charge in [0.1, 0.15) is 34.6 Å². The van der Waals surface area contributed by atoms with Crippen molar-refractivity contribution in [3.8, 4) is 34.5 Å². The van der Waals surface area contributed by atoms with Gasteiger partial charge in [-0.25, -0.2) is 26.3 Å². The number of benzene rings is 4. The Morgan fingerprint density at radius 3 is 1.84 bits per heavy atom. The van der Waals surface area contributed by atoms with E-state index in [1.165, 1.54) is 18.2 Å². The lowest BCUT2D eigenvalue weighted by molar-refractivity contribution is -0.276. The van der Waals surface area contributed by atoms with Crippen LogP contribution in [0.15, 0.2) is 60.7 Å². The Balaban J connectivity index is 1.57. The molecule has 0 aliphatic rings. The van der Waals surface area contributed by atoms with Gasteiger partial charge in [0, 0.05) is 23.3 Å². The first-order valence-electron chi connectivity index (χ1n) is 13.0. The average Bonchev–Trinajstić information content (AvgIpc) is 2.92. The molecule has 4 rings (SSSR count). The molecule has 0 radical (unpaired) electrons. The number of ether oxygens (including phenoxy) is 2. The van der Waals surface area contributed by atoms with E-state index in [0.717, 1.165) is 30.5 Å². The van der Waals surface area contributed by atoms with Crippen LogP contribution >= 0.6 is 0 Å². The molecule has 0 amide bonds. The van der Waals surface area contributed by atoms with Crippen molar-refractivity contribution in [2.75, 3.05) is 0 Å². The second-order valence-electron chi connectivity index (χ2n) is 9.56. The molecule has 4 aromatic rings. The lowest BCUT2D eigenvalue weighted by Gasteiger charge is -2.20. The maximum Gasteiger partial charge on any atom is 0.573 e. The molecule has 0 bridgehead atoms. The minimum absolute atomic E-state index is 0.0543. The van der Waals surface area contributed by atoms with E-state index in [4.69, 9.17) is 0 Å². The minimum atomic E-state index is -5.52. The fourth-order valence-electron chi connectivity index (χ4n) is 4.18. The molecule has 0 saturated carbocycles. The summed E-state index contributed by atoms with van der Waals surface area (Å²) in [7, 11) is 0. The van der Waals surface area contributed by atoms with Gasteiger partial charge in [0.05, 0.1) is 5.56 Å². The summed E-state index contributed by atoms with van der Waals surface area (Å²) in [6, 6.07) is 8.20. The molecular weight excluding hydrogens is 625 g/mol. The molecule has 236 valence electrons. The molecule has 4 aromatic carbocycles. The quantitative estimate of drug-likeness (QED) is 0.140. The van der Waals surface area contributed by atoms with Gasteiger partial charge in [-0.2, -0.15) is 8.78 Å². The standard InChI is InChI=1S/C32H19F11O2/c1-2-3-4-17-5-8-19(23(33)11-17)9-6-18-7-10-22(24(34)12-18)20-13-25(35)29(26(36)14-20)31(39,40)44-21-15-27(37)30(28(38)16-21)45-32(41,42)43/h5,7-8,10-16H,2-4H2,1H3. The van der Waals surface area contributed by atoms with Crippen LogP contribution in [0, 0.1) is 46.7 Å². The molecule has 0 fully saturated rings. The number of hydrogen-bond acceptors (Lipinski definition) is 2. The van der Waals surface area contributed by atoms with Crippen molar-refractivity contribution in [1.29, 1.82) is 0 Å². The van der Waals surface area contributed by atoms with Crippen LogP contribution in [-0.2, 0) is 12.5 Å². The van der Waals surface area contributed by atoms with Gasteiger partial charge in [-0.15, -0.1) is 13.2 Å². The van der Waals surface area contributed by atoms with Crippen LogP contribution in [0.1, 0.15) is 42.0 Å². The summed E-state index contributed by atoms with van der Waals surface area (Å²) < 4.78 is 160. The Labute approximate surface area is 249 Å². The fourth-order valence-corrected chi connectivity index (χ4v) is 4.18. The van der Waals surface area contributed by atoms with Gasteiger partial charge in [-0.3, -0.25) is 0 Å². The van der Waals surface area contributed by atoms with E-state index in [2.05, 4.69) is 21.3 Å². The number of halogens is 11. The minimum Gasteiger partial charge on any atom is -0.429 e. The van der Waals surface area contributed by atoms with E-state index in [1.54, 1.807) is 6.07 Å². The van der Waals surface area contributed by atoms with Crippen LogP contribution in [0.4, 0.5) is 48.3 Å². The number of rotatable bonds is 8. The number of hydrogen-bond donors (Lipinski definition) is 0. The lowest BCUT2D eigenvalue weighted by atomic mass is 10.00. The Bertz CT molecular complexity index is 1740. The van der Waals surface area contributed by atoms with Gasteiger partial charge in [-0.05, 0) is 60.4 Å². The van der Waals surface area contributed by atoms with Gasteiger partial charge in [-0.1, -0.05) is 37.3 Å². The maximum absolute atomic E-state index is 14.9. The van der Waals surface area contributed by atoms with E-state index in [1.807, 2.05) is 6.92 Å². The Morgan fingerprint density at radius 1 is 0.644 bits per heavy atom. The third kappa shape index (κ3) is 8.06. The molecule has 45 heavy (non-hydrogen) atoms. The maximum atomic E-state index is 14.9. The smallest absolute Gasteiger partial charge is 0.429 e. The molecule has 0 atom stereocenters. The Morgan fingerprint density at radius 2 is 1.29 bits per heavy atom. The van der Waals surface area contributed by atoms with Gasteiger partial charge >= 0.3 is 12.5 Å². The van der Waals surface area contributed by atoms with Crippen LogP contribution < -0.4 is 9.47 Å². The topological polar surface area (TPSA) is 18.5 Å². The van der Waals surface area contributed by atoms with Crippen molar-refractivity contribution in [2.45, 2.75) is 38.7 Å². The molecule has 0 N–H and O–H groups in total. The first-order valence-corrected chi connectivity index (χ1v) is 13.0. The summed E-state index contributed by atoms with van der Waals surface area (Å²) >= 11 is 0. The van der Waals surface area contributed by atoms with Gasteiger partial charge in [0.25, 0.3) is 0 Å². The monoisotopic (exact) mass is 644 g/mol. The predicted molar refractivity (Wildman–Crippen MR) is 140 cm³/mol. The Hall–Kier alpha value is -4.73. The van der Waals surface area contributed by atoms with Crippen LogP contribution in [0.2, 0.25) is 0 Å². The molecule has 0 aromatic heterocycles. The van der Waals surface area contributed by atoms with Crippen LogP contribution in [0.3, 0.4) is 0 Å². The van der Waals surface area contributed by atoms with Gasteiger partial charge in [0.15, 0.2) is 11.6 Å². The van der Waals surface area contributed by atoms with Crippen molar-refractivity contribution in [2.24, 2.45) is 0 Å². The molecule has 13 heteroatoms. The van der Waals surface area contributed by atoms with Crippen LogP contribution in [0.5, 0.6) is 11.5 Å². The Kier molecular flexibility index (Phi) is 9.65. The first kappa shape index (κ1) is 33.2. The predicted octanol–water partition coefficient (Wildman–Crippen LogP) is 9.96. The van der Waals surface area contributed by atoms with E-state index in [9.17, 15) is 48.3 Å². The van der Waals surface area contributed by atoms with Gasteiger partial charge in [0.2, 0.25) is 5.75 Å². The van der Waals surface area contributed by atoms with E-state index in [-0.39, 0.29) is 23.3 Å². The summed E-state index contributed by atoms with van der Waals surface area (Å²) in [6.45, 7) is 2.00. The molecule has 0 spiro atoms. The normalized spacial score (nSPS) is 11.6. The summed E-state index contributed by atoms with van der Waals surface area (Å²) in [6.07, 6.45) is -7.95. The van der Waals surface area contributed by atoms with Crippen molar-refractivity contribution in [3.05, 3.63) is 118 Å². The van der Waals surface area contributed by atoms with Crippen molar-refractivity contribution in [3.63, 3.8) is 0 Å². The highest BCUT2D eigenvalue weighted by atomic mass is 19.4. The molecule has 0 aliphatic heterocycles. The number of unbranched alkanes of at least 4 members (excludes halogenated alkanes) is 1. The van der Waals surface area contributed by atoms with E-state index >= 15 is 0 Å². The number of aryl methyl sites for hydroxylation is 1. The fraction of sp³-hybridized carbons (Fsp3) is 0.188. The molecule has 0 unspecified atom stereocenters. The highest BCUT2D eigenvalue weighted by molar-refractivity contribution is 5.66. The SMILES string of the molecule is CCCCc1ccc(C#Cc2ccc(-c3cc(F)c(C(F)(F)Oc4cc(F)c(OC(F)(F)F)c(F)c4)c(F)c3)c(F)c2)c(F)c1. The van der Waals surface area contributed by atoms with Crippen LogP contribution in [0.25, 0.3) is 11.1 Å². The highest BCUT2D eigenvalue weighted by Gasteiger charge is 2.42. The summed E-state index contributed by atoms with van der Waals surface area (Å²) in [5.74, 6) is -7.97. The zero-order valence-corrected chi connectivity index (χ0v) is 22.9. The molecule has 0 heterocycles. The largest absolute Gasteiger partial charge is 0.573 e. The zero-order valence-electron chi connectivity index (χ0n) is 22.9. The third-order valence-corrected chi connectivity index (χ3v) is 6.24. The molecule has 2 nitrogen and oxygen atoms in total. The van der Waals surface area contributed by atoms with Gasteiger partial charge < -0.3 is 9.47 Å². The summed E-state index contributed by atoms with van der Waals surface area (Å²) in [5.41, 5.74) is -2.08. The molecular formula is C32H19F11O2. The summed E-state index contributed by atoms with van der Waals surface area (Å²) in [5, 5.41) is 0. The van der Waals surface area contributed by atoms with E-state index < -0.39 is 75.6 Å². The van der Waals surface area contributed by atoms with Crippen molar-refractivity contribution >= 4 is 0 Å². The van der Waals surface area contributed by atoms with Crippen molar-refractivity contribution in [1.82, 2.24) is 0 Å². The second kappa shape index (κ2) is 13.1. The average molecular weight is 644 g/mol. The van der Waals surface area contributed by atoms with Crippen LogP contribution in [-0.4, -0.2) is 6.36 Å². The van der Waals surface area contributed by atoms with E-state index in [0.29, 0.717) is 18.6 Å². The molecule has 0 aliphatic carbocycles. The number of alkyl halides is 5. The highest BCUT2D eigenvalue weighted by Crippen LogP contribution is 2.39. The summed E-state index contributed by atoms with van der Waals surface area (Å²) in [4.78, 5) is 0. The second-order valence-corrected chi connectivity index (χ2v) is 9.56. The third-order valence-electron chi connectivity index (χ3n) is 6.24. The lowest BCUT2D eigenvalue weighted by Crippen LogP contribution is -2.25. The molecule has 0 saturated heterocycles.